The van der Waals surface area contributed by atoms with E-state index in [4.69, 9.17) is 4.84 Å². The number of imide groups is 1. The summed E-state index contributed by atoms with van der Waals surface area (Å²) in [6.45, 7) is 0. The number of hydrogen-bond donors (Lipinski definition) is 1. The van der Waals surface area contributed by atoms with Crippen LogP contribution in [0.25, 0.3) is 10.8 Å². The van der Waals surface area contributed by atoms with Crippen LogP contribution in [0.5, 0.6) is 0 Å². The highest BCUT2D eigenvalue weighted by Crippen LogP contribution is 2.17. The van der Waals surface area contributed by atoms with Crippen LogP contribution in [-0.2, 0) is 36.9 Å². The zero-order valence-corrected chi connectivity index (χ0v) is 17.3. The lowest BCUT2D eigenvalue weighted by atomic mass is 10.0. The minimum Gasteiger partial charge on any atom is -0.342 e. The number of nitrogens with zero attached hydrogens (tertiary/aromatic N) is 1. The van der Waals surface area contributed by atoms with Gasteiger partial charge in [0.2, 0.25) is 5.91 Å². The van der Waals surface area contributed by atoms with E-state index in [0.29, 0.717) is 5.06 Å². The fourth-order valence-electron chi connectivity index (χ4n) is 3.63. The van der Waals surface area contributed by atoms with Crippen molar-refractivity contribution in [2.75, 3.05) is 0 Å². The first-order valence-electron chi connectivity index (χ1n) is 10.4. The van der Waals surface area contributed by atoms with E-state index in [9.17, 15) is 19.2 Å². The Morgan fingerprint density at radius 2 is 1.50 bits per heavy atom. The van der Waals surface area contributed by atoms with E-state index in [2.05, 4.69) is 5.32 Å². The van der Waals surface area contributed by atoms with E-state index < -0.39 is 23.8 Å². The van der Waals surface area contributed by atoms with Gasteiger partial charge in [0.15, 0.2) is 0 Å². The molecule has 0 aromatic heterocycles. The molecular formula is C25H22N2O5. The van der Waals surface area contributed by atoms with Crippen molar-refractivity contribution < 1.29 is 24.0 Å². The van der Waals surface area contributed by atoms with Crippen molar-refractivity contribution in [2.45, 2.75) is 31.7 Å². The molecular weight excluding hydrogens is 408 g/mol. The molecule has 7 nitrogen and oxygen atoms in total. The summed E-state index contributed by atoms with van der Waals surface area (Å²) in [5.74, 6) is -2.35. The van der Waals surface area contributed by atoms with Gasteiger partial charge in [0.25, 0.3) is 11.8 Å². The summed E-state index contributed by atoms with van der Waals surface area (Å²) in [4.78, 5) is 54.2. The number of hydroxylamine groups is 2. The number of hydrogen-bond acceptors (Lipinski definition) is 5. The maximum atomic E-state index is 12.8. The molecule has 3 amide bonds. The normalized spacial score (nSPS) is 14.4. The van der Waals surface area contributed by atoms with Crippen LogP contribution in [-0.4, -0.2) is 34.8 Å². The van der Waals surface area contributed by atoms with Gasteiger partial charge in [-0.25, -0.2) is 4.79 Å². The summed E-state index contributed by atoms with van der Waals surface area (Å²) >= 11 is 0. The van der Waals surface area contributed by atoms with Crippen LogP contribution in [0.3, 0.4) is 0 Å². The van der Waals surface area contributed by atoms with Gasteiger partial charge in [0.05, 0.1) is 6.42 Å². The third kappa shape index (κ3) is 5.00. The molecule has 1 unspecified atom stereocenters. The maximum absolute atomic E-state index is 12.8. The van der Waals surface area contributed by atoms with Gasteiger partial charge in [-0.15, -0.1) is 5.06 Å². The molecule has 1 fully saturated rings. The average Bonchev–Trinajstić information content (AvgIpc) is 3.11. The predicted octanol–water partition coefficient (Wildman–Crippen LogP) is 2.72. The van der Waals surface area contributed by atoms with E-state index >= 15 is 0 Å². The minimum atomic E-state index is -1.05. The highest BCUT2D eigenvalue weighted by atomic mass is 16.7. The summed E-state index contributed by atoms with van der Waals surface area (Å²) in [5, 5.41) is 5.29. The molecule has 1 heterocycles. The molecule has 0 radical (unpaired) electrons. The molecule has 3 aromatic carbocycles. The molecule has 1 N–H and O–H groups in total. The van der Waals surface area contributed by atoms with Crippen LogP contribution in [0.4, 0.5) is 0 Å². The van der Waals surface area contributed by atoms with Crippen LogP contribution in [0.15, 0.2) is 72.8 Å². The predicted molar refractivity (Wildman–Crippen MR) is 117 cm³/mol. The minimum absolute atomic E-state index is 0.00376. The average molecular weight is 430 g/mol. The Kier molecular flexibility index (Phi) is 6.26. The van der Waals surface area contributed by atoms with E-state index in [0.717, 1.165) is 21.9 Å². The second kappa shape index (κ2) is 9.43. The summed E-state index contributed by atoms with van der Waals surface area (Å²) in [5.41, 5.74) is 1.61. The number of fused-ring (bicyclic) bond motifs is 1. The van der Waals surface area contributed by atoms with Crippen molar-refractivity contribution in [3.63, 3.8) is 0 Å². The topological polar surface area (TPSA) is 92.8 Å². The van der Waals surface area contributed by atoms with Crippen molar-refractivity contribution >= 4 is 34.5 Å². The standard InChI is InChI=1S/C25H22N2O5/c28-22(16-18-10-11-19-8-4-5-9-20(19)14-18)26-21(15-17-6-2-1-3-7-17)25(31)32-27-23(29)12-13-24(27)30/h1-11,14,21H,12-13,15-16H2,(H,26,28). The molecule has 1 saturated heterocycles. The molecule has 1 aliphatic heterocycles. The summed E-state index contributed by atoms with van der Waals surface area (Å²) in [6, 6.07) is 21.7. The summed E-state index contributed by atoms with van der Waals surface area (Å²) in [6.07, 6.45) is 0.248. The highest BCUT2D eigenvalue weighted by molar-refractivity contribution is 6.02. The van der Waals surface area contributed by atoms with Gasteiger partial charge in [0.1, 0.15) is 6.04 Å². The Labute approximate surface area is 184 Å². The number of rotatable bonds is 7. The van der Waals surface area contributed by atoms with Crippen LogP contribution in [0.2, 0.25) is 0 Å². The molecule has 4 rings (SSSR count). The number of carbonyl (C=O) groups excluding carboxylic acids is 4. The van der Waals surface area contributed by atoms with Gasteiger partial charge >= 0.3 is 5.97 Å². The maximum Gasteiger partial charge on any atom is 0.355 e. The molecule has 0 saturated carbocycles. The van der Waals surface area contributed by atoms with Gasteiger partial charge in [-0.05, 0) is 21.9 Å². The quantitative estimate of drug-likeness (QED) is 0.582. The Morgan fingerprint density at radius 1 is 0.844 bits per heavy atom. The van der Waals surface area contributed by atoms with Crippen molar-refractivity contribution in [3.8, 4) is 0 Å². The first-order chi connectivity index (χ1) is 15.5. The Morgan fingerprint density at radius 3 is 2.22 bits per heavy atom. The first-order valence-corrected chi connectivity index (χ1v) is 10.4. The van der Waals surface area contributed by atoms with E-state index in [1.807, 2.05) is 72.8 Å². The highest BCUT2D eigenvalue weighted by Gasteiger charge is 2.35. The first kappa shape index (κ1) is 21.2. The lowest BCUT2D eigenvalue weighted by Gasteiger charge is -2.20. The summed E-state index contributed by atoms with van der Waals surface area (Å²) < 4.78 is 0. The lowest BCUT2D eigenvalue weighted by Crippen LogP contribution is -2.47. The third-order valence-electron chi connectivity index (χ3n) is 5.27. The van der Waals surface area contributed by atoms with Crippen LogP contribution in [0.1, 0.15) is 24.0 Å². The number of amides is 3. The zero-order valence-electron chi connectivity index (χ0n) is 17.3. The monoisotopic (exact) mass is 430 g/mol. The van der Waals surface area contributed by atoms with Crippen LogP contribution >= 0.6 is 0 Å². The van der Waals surface area contributed by atoms with Crippen molar-refractivity contribution in [3.05, 3.63) is 83.9 Å². The van der Waals surface area contributed by atoms with Gasteiger partial charge in [-0.2, -0.15) is 0 Å². The fourth-order valence-corrected chi connectivity index (χ4v) is 3.63. The Bertz CT molecular complexity index is 1160. The smallest absolute Gasteiger partial charge is 0.342 e. The molecule has 162 valence electrons. The molecule has 0 bridgehead atoms. The van der Waals surface area contributed by atoms with Gasteiger partial charge in [0, 0.05) is 19.3 Å². The van der Waals surface area contributed by atoms with E-state index in [1.54, 1.807) is 0 Å². The van der Waals surface area contributed by atoms with Crippen molar-refractivity contribution in [2.24, 2.45) is 0 Å². The number of nitrogens with one attached hydrogen (secondary N) is 1. The van der Waals surface area contributed by atoms with Crippen molar-refractivity contribution in [1.29, 1.82) is 0 Å². The van der Waals surface area contributed by atoms with E-state index in [1.165, 1.54) is 0 Å². The fraction of sp³-hybridized carbons (Fsp3) is 0.200. The molecule has 0 aliphatic carbocycles. The second-order valence-electron chi connectivity index (χ2n) is 7.66. The van der Waals surface area contributed by atoms with Gasteiger partial charge in [-0.3, -0.25) is 14.4 Å². The van der Waals surface area contributed by atoms with E-state index in [-0.39, 0.29) is 31.6 Å². The van der Waals surface area contributed by atoms with Gasteiger partial charge in [-0.1, -0.05) is 72.8 Å². The van der Waals surface area contributed by atoms with Gasteiger partial charge < -0.3 is 10.2 Å². The SMILES string of the molecule is O=C(Cc1ccc2ccccc2c1)NC(Cc1ccccc1)C(=O)ON1C(=O)CCC1=O. The molecule has 1 atom stereocenters. The number of carbonyl (C=O) groups is 4. The van der Waals surface area contributed by atoms with Crippen LogP contribution < -0.4 is 5.32 Å². The third-order valence-corrected chi connectivity index (χ3v) is 5.27. The second-order valence-corrected chi connectivity index (χ2v) is 7.66. The largest absolute Gasteiger partial charge is 0.355 e. The Balaban J connectivity index is 1.48. The zero-order chi connectivity index (χ0) is 22.5. The Hall–Kier alpha value is -4.00. The molecule has 32 heavy (non-hydrogen) atoms. The van der Waals surface area contributed by atoms with Crippen molar-refractivity contribution in [1.82, 2.24) is 10.4 Å². The molecule has 3 aromatic rings. The summed E-state index contributed by atoms with van der Waals surface area (Å²) in [7, 11) is 0. The van der Waals surface area contributed by atoms with Crippen LogP contribution in [0, 0.1) is 0 Å². The molecule has 0 spiro atoms. The molecule has 7 heteroatoms. The number of benzene rings is 3. The lowest BCUT2D eigenvalue weighted by molar-refractivity contribution is -0.199. The molecule has 1 aliphatic rings.